The number of carbonyl (C=O) groups excluding carboxylic acids is 1. The van der Waals surface area contributed by atoms with Crippen LogP contribution < -0.4 is 9.47 Å². The van der Waals surface area contributed by atoms with E-state index in [0.29, 0.717) is 12.2 Å². The number of nitrogens with zero attached hydrogens (tertiary/aromatic N) is 2. The Bertz CT molecular complexity index is 696. The summed E-state index contributed by atoms with van der Waals surface area (Å²) in [4.78, 5) is 19.4. The molecular formula is C15H16N2O3S. The molecule has 0 fully saturated rings. The standard InChI is InChI=1S/C15H16N2O3S/c1-9-14(16-10(2)21-9)15(18)17(3)7-11-4-5-12-13(6-11)20-8-19-12/h4-6H,7-8H2,1-3H3. The molecule has 21 heavy (non-hydrogen) atoms. The van der Waals surface area contributed by atoms with Gasteiger partial charge in [-0.25, -0.2) is 4.98 Å². The van der Waals surface area contributed by atoms with Gasteiger partial charge in [0.15, 0.2) is 11.5 Å². The SMILES string of the molecule is Cc1nc(C(=O)N(C)Cc2ccc3c(c2)OCO3)c(C)s1. The number of thiazole rings is 1. The monoisotopic (exact) mass is 304 g/mol. The largest absolute Gasteiger partial charge is 0.454 e. The molecule has 0 radical (unpaired) electrons. The third-order valence-corrected chi connectivity index (χ3v) is 4.20. The fraction of sp³-hybridized carbons (Fsp3) is 0.333. The maximum Gasteiger partial charge on any atom is 0.273 e. The maximum absolute atomic E-state index is 12.4. The Morgan fingerprint density at radius 3 is 2.81 bits per heavy atom. The molecule has 2 aromatic rings. The highest BCUT2D eigenvalue weighted by molar-refractivity contribution is 7.11. The Morgan fingerprint density at radius 1 is 1.33 bits per heavy atom. The van der Waals surface area contributed by atoms with Crippen molar-refractivity contribution < 1.29 is 14.3 Å². The van der Waals surface area contributed by atoms with Crippen LogP contribution in [0.25, 0.3) is 0 Å². The summed E-state index contributed by atoms with van der Waals surface area (Å²) in [5, 5.41) is 0.910. The summed E-state index contributed by atoms with van der Waals surface area (Å²) in [6.45, 7) is 4.59. The molecule has 110 valence electrons. The first kappa shape index (κ1) is 13.9. The van der Waals surface area contributed by atoms with Crippen LogP contribution in [-0.4, -0.2) is 29.6 Å². The van der Waals surface area contributed by atoms with Gasteiger partial charge in [0.2, 0.25) is 6.79 Å². The van der Waals surface area contributed by atoms with E-state index in [4.69, 9.17) is 9.47 Å². The van der Waals surface area contributed by atoms with E-state index >= 15 is 0 Å². The topological polar surface area (TPSA) is 51.7 Å². The quantitative estimate of drug-likeness (QED) is 0.875. The number of carbonyl (C=O) groups is 1. The van der Waals surface area contributed by atoms with Crippen molar-refractivity contribution in [3.05, 3.63) is 39.3 Å². The first-order valence-corrected chi connectivity index (χ1v) is 7.44. The molecule has 1 aromatic carbocycles. The summed E-state index contributed by atoms with van der Waals surface area (Å²) in [5.74, 6) is 1.42. The first-order chi connectivity index (χ1) is 10.0. The number of benzene rings is 1. The molecule has 0 atom stereocenters. The summed E-state index contributed by atoms with van der Waals surface area (Å²) in [7, 11) is 1.78. The van der Waals surface area contributed by atoms with Crippen molar-refractivity contribution in [3.63, 3.8) is 0 Å². The van der Waals surface area contributed by atoms with Gasteiger partial charge in [-0.2, -0.15) is 0 Å². The zero-order valence-electron chi connectivity index (χ0n) is 12.2. The molecule has 0 saturated heterocycles. The van der Waals surface area contributed by atoms with E-state index in [1.54, 1.807) is 23.3 Å². The molecule has 1 aromatic heterocycles. The number of aromatic nitrogens is 1. The number of hydrogen-bond donors (Lipinski definition) is 0. The Kier molecular flexibility index (Phi) is 3.55. The lowest BCUT2D eigenvalue weighted by Gasteiger charge is -2.16. The van der Waals surface area contributed by atoms with E-state index in [0.717, 1.165) is 26.9 Å². The average Bonchev–Trinajstić information content (AvgIpc) is 3.03. The molecule has 1 amide bonds. The van der Waals surface area contributed by atoms with Crippen LogP contribution in [0.1, 0.15) is 25.9 Å². The highest BCUT2D eigenvalue weighted by Gasteiger charge is 2.19. The molecular weight excluding hydrogens is 288 g/mol. The molecule has 0 spiro atoms. The molecule has 0 aliphatic carbocycles. The van der Waals surface area contributed by atoms with Crippen LogP contribution in [-0.2, 0) is 6.54 Å². The van der Waals surface area contributed by atoms with E-state index in [-0.39, 0.29) is 12.7 Å². The van der Waals surface area contributed by atoms with Gasteiger partial charge in [-0.05, 0) is 31.5 Å². The van der Waals surface area contributed by atoms with Gasteiger partial charge >= 0.3 is 0 Å². The lowest BCUT2D eigenvalue weighted by molar-refractivity contribution is 0.0779. The third kappa shape index (κ3) is 2.71. The second-order valence-electron chi connectivity index (χ2n) is 4.99. The Hall–Kier alpha value is -2.08. The van der Waals surface area contributed by atoms with E-state index in [2.05, 4.69) is 4.98 Å². The minimum absolute atomic E-state index is 0.0606. The van der Waals surface area contributed by atoms with Crippen molar-refractivity contribution in [2.75, 3.05) is 13.8 Å². The number of aryl methyl sites for hydroxylation is 2. The van der Waals surface area contributed by atoms with Crippen LogP contribution in [0, 0.1) is 13.8 Å². The third-order valence-electron chi connectivity index (χ3n) is 3.31. The summed E-state index contributed by atoms with van der Waals surface area (Å²) < 4.78 is 10.6. The highest BCUT2D eigenvalue weighted by atomic mass is 32.1. The molecule has 0 saturated carbocycles. The number of fused-ring (bicyclic) bond motifs is 1. The molecule has 1 aliphatic rings. The Morgan fingerprint density at radius 2 is 2.10 bits per heavy atom. The van der Waals surface area contributed by atoms with Gasteiger partial charge in [0.25, 0.3) is 5.91 Å². The van der Waals surface area contributed by atoms with Crippen molar-refractivity contribution in [1.82, 2.24) is 9.88 Å². The van der Waals surface area contributed by atoms with Gasteiger partial charge in [0, 0.05) is 18.5 Å². The molecule has 5 nitrogen and oxygen atoms in total. The van der Waals surface area contributed by atoms with Crippen molar-refractivity contribution >= 4 is 17.2 Å². The van der Waals surface area contributed by atoms with E-state index in [1.807, 2.05) is 32.0 Å². The molecule has 3 rings (SSSR count). The van der Waals surface area contributed by atoms with Crippen LogP contribution in [0.15, 0.2) is 18.2 Å². The zero-order valence-corrected chi connectivity index (χ0v) is 13.0. The van der Waals surface area contributed by atoms with Gasteiger partial charge in [-0.3, -0.25) is 4.79 Å². The minimum atomic E-state index is -0.0606. The summed E-state index contributed by atoms with van der Waals surface area (Å²) in [6, 6.07) is 5.72. The Labute approximate surface area is 127 Å². The highest BCUT2D eigenvalue weighted by Crippen LogP contribution is 2.32. The molecule has 0 unspecified atom stereocenters. The van der Waals surface area contributed by atoms with Crippen molar-refractivity contribution in [3.8, 4) is 11.5 Å². The molecule has 0 bridgehead atoms. The number of ether oxygens (including phenoxy) is 2. The normalized spacial score (nSPS) is 12.5. The van der Waals surface area contributed by atoms with Gasteiger partial charge in [0.05, 0.1) is 5.01 Å². The van der Waals surface area contributed by atoms with Crippen LogP contribution >= 0.6 is 11.3 Å². The van der Waals surface area contributed by atoms with Gasteiger partial charge in [-0.15, -0.1) is 11.3 Å². The molecule has 1 aliphatic heterocycles. The first-order valence-electron chi connectivity index (χ1n) is 6.62. The maximum atomic E-state index is 12.4. The van der Waals surface area contributed by atoms with Crippen LogP contribution in [0.4, 0.5) is 0 Å². The van der Waals surface area contributed by atoms with Crippen molar-refractivity contribution in [1.29, 1.82) is 0 Å². The van der Waals surface area contributed by atoms with Crippen molar-refractivity contribution in [2.45, 2.75) is 20.4 Å². The van der Waals surface area contributed by atoms with Gasteiger partial charge in [0.1, 0.15) is 5.69 Å². The lowest BCUT2D eigenvalue weighted by Crippen LogP contribution is -2.27. The number of hydrogen-bond acceptors (Lipinski definition) is 5. The lowest BCUT2D eigenvalue weighted by atomic mass is 10.2. The zero-order chi connectivity index (χ0) is 15.0. The summed E-state index contributed by atoms with van der Waals surface area (Å²) >= 11 is 1.54. The van der Waals surface area contributed by atoms with Crippen LogP contribution in [0.2, 0.25) is 0 Å². The van der Waals surface area contributed by atoms with Crippen molar-refractivity contribution in [2.24, 2.45) is 0 Å². The summed E-state index contributed by atoms with van der Waals surface area (Å²) in [5.41, 5.74) is 1.54. The average molecular weight is 304 g/mol. The fourth-order valence-corrected chi connectivity index (χ4v) is 3.10. The summed E-state index contributed by atoms with van der Waals surface area (Å²) in [6.07, 6.45) is 0. The smallest absolute Gasteiger partial charge is 0.273 e. The second-order valence-corrected chi connectivity index (χ2v) is 6.39. The van der Waals surface area contributed by atoms with Gasteiger partial charge in [-0.1, -0.05) is 6.07 Å². The molecule has 2 heterocycles. The second kappa shape index (κ2) is 5.37. The minimum Gasteiger partial charge on any atom is -0.454 e. The van der Waals surface area contributed by atoms with Crippen LogP contribution in [0.3, 0.4) is 0 Å². The van der Waals surface area contributed by atoms with E-state index in [1.165, 1.54) is 0 Å². The molecule has 6 heteroatoms. The number of amides is 1. The van der Waals surface area contributed by atoms with E-state index in [9.17, 15) is 4.79 Å². The Balaban J connectivity index is 1.75. The van der Waals surface area contributed by atoms with Crippen LogP contribution in [0.5, 0.6) is 11.5 Å². The predicted octanol–water partition coefficient (Wildman–Crippen LogP) is 2.76. The molecule has 0 N–H and O–H groups in total. The van der Waals surface area contributed by atoms with Gasteiger partial charge < -0.3 is 14.4 Å². The fourth-order valence-electron chi connectivity index (χ4n) is 2.29. The number of rotatable bonds is 3. The van der Waals surface area contributed by atoms with E-state index < -0.39 is 0 Å². The predicted molar refractivity (Wildman–Crippen MR) is 80.0 cm³/mol.